The van der Waals surface area contributed by atoms with E-state index < -0.39 is 5.91 Å². The molecule has 1 heterocycles. The molecule has 0 spiro atoms. The number of fused-ring (bicyclic) bond motifs is 1. The summed E-state index contributed by atoms with van der Waals surface area (Å²) < 4.78 is 16.8. The van der Waals surface area contributed by atoms with Crippen LogP contribution in [0.5, 0.6) is 17.2 Å². The number of nitrogens with one attached hydrogen (secondary N) is 1. The Morgan fingerprint density at radius 2 is 1.79 bits per heavy atom. The van der Waals surface area contributed by atoms with Gasteiger partial charge in [-0.25, -0.2) is 0 Å². The highest BCUT2D eigenvalue weighted by Crippen LogP contribution is 2.29. The second-order valence-corrected chi connectivity index (χ2v) is 7.91. The fourth-order valence-corrected chi connectivity index (χ4v) is 3.45. The summed E-state index contributed by atoms with van der Waals surface area (Å²) in [6, 6.07) is 17.1. The molecule has 4 rings (SSSR count). The van der Waals surface area contributed by atoms with Crippen molar-refractivity contribution in [3.8, 4) is 17.2 Å². The number of carbonyl (C=O) groups is 1. The number of anilines is 1. The summed E-state index contributed by atoms with van der Waals surface area (Å²) >= 11 is 12.0. The van der Waals surface area contributed by atoms with E-state index in [1.807, 2.05) is 12.1 Å². The summed E-state index contributed by atoms with van der Waals surface area (Å²) in [7, 11) is 0. The largest absolute Gasteiger partial charge is 0.484 e. The molecule has 1 amide bonds. The Hall–Kier alpha value is -3.48. The van der Waals surface area contributed by atoms with Gasteiger partial charge in [-0.15, -0.1) is 0 Å². The van der Waals surface area contributed by atoms with Crippen molar-refractivity contribution in [3.05, 3.63) is 92.8 Å². The Morgan fingerprint density at radius 1 is 1.03 bits per heavy atom. The van der Waals surface area contributed by atoms with Crippen LogP contribution < -0.4 is 20.2 Å². The number of hydrogen-bond donors (Lipinski definition) is 1. The maximum absolute atomic E-state index is 12.8. The van der Waals surface area contributed by atoms with Crippen molar-refractivity contribution < 1.29 is 18.7 Å². The summed E-state index contributed by atoms with van der Waals surface area (Å²) in [6.07, 6.45) is 2.18. The maximum Gasteiger partial charge on any atom is 0.262 e. The zero-order valence-corrected chi connectivity index (χ0v) is 19.1. The fraction of sp³-hybridized carbons (Fsp3) is 0.120. The lowest BCUT2D eigenvalue weighted by atomic mass is 10.2. The average molecular weight is 484 g/mol. The number of ether oxygens (including phenoxy) is 2. The van der Waals surface area contributed by atoms with Crippen LogP contribution in [-0.4, -0.2) is 12.5 Å². The monoisotopic (exact) mass is 483 g/mol. The number of aryl methyl sites for hydroxylation is 1. The predicted octanol–water partition coefficient (Wildman–Crippen LogP) is 6.47. The van der Waals surface area contributed by atoms with Gasteiger partial charge in [-0.3, -0.25) is 9.59 Å². The van der Waals surface area contributed by atoms with Crippen molar-refractivity contribution in [1.82, 2.24) is 0 Å². The van der Waals surface area contributed by atoms with Crippen LogP contribution in [0.4, 0.5) is 5.69 Å². The van der Waals surface area contributed by atoms with Crippen LogP contribution in [-0.2, 0) is 11.2 Å². The number of carbonyl (C=O) groups excluding carboxylic acids is 1. The second-order valence-electron chi connectivity index (χ2n) is 7.12. The predicted molar refractivity (Wildman–Crippen MR) is 129 cm³/mol. The van der Waals surface area contributed by atoms with E-state index in [9.17, 15) is 9.59 Å². The molecule has 0 unspecified atom stereocenters. The molecule has 1 aromatic heterocycles. The van der Waals surface area contributed by atoms with Gasteiger partial charge in [0, 0.05) is 6.07 Å². The van der Waals surface area contributed by atoms with Crippen LogP contribution in [0.1, 0.15) is 12.5 Å². The van der Waals surface area contributed by atoms with Crippen molar-refractivity contribution >= 4 is 45.8 Å². The fourth-order valence-electron chi connectivity index (χ4n) is 3.11. The highest BCUT2D eigenvalue weighted by molar-refractivity contribution is 6.44. The van der Waals surface area contributed by atoms with E-state index in [0.29, 0.717) is 33.2 Å². The van der Waals surface area contributed by atoms with Crippen molar-refractivity contribution in [3.63, 3.8) is 0 Å². The van der Waals surface area contributed by atoms with Crippen molar-refractivity contribution in [2.75, 3.05) is 11.9 Å². The van der Waals surface area contributed by atoms with Gasteiger partial charge in [-0.1, -0.05) is 48.3 Å². The highest BCUT2D eigenvalue weighted by Gasteiger charge is 2.12. The van der Waals surface area contributed by atoms with Gasteiger partial charge in [0.2, 0.25) is 11.2 Å². The lowest BCUT2D eigenvalue weighted by Crippen LogP contribution is -2.20. The minimum Gasteiger partial charge on any atom is -0.484 e. The smallest absolute Gasteiger partial charge is 0.262 e. The van der Waals surface area contributed by atoms with Gasteiger partial charge in [-0.05, 0) is 48.4 Å². The van der Waals surface area contributed by atoms with E-state index in [1.165, 1.54) is 17.9 Å². The summed E-state index contributed by atoms with van der Waals surface area (Å²) in [5.41, 5.74) is 1.56. The standard InChI is InChI=1S/C25H19Cl2NO5/c1-2-15-6-8-16(9-7-15)33-22-13-32-21-12-17(10-11-18(21)25(22)30)31-14-23(29)28-20-5-3-4-19(26)24(20)27/h3-13H,2,14H2,1H3,(H,28,29). The van der Waals surface area contributed by atoms with E-state index in [-0.39, 0.29) is 22.8 Å². The van der Waals surface area contributed by atoms with Crippen LogP contribution >= 0.6 is 23.2 Å². The SMILES string of the molecule is CCc1ccc(Oc2coc3cc(OCC(=O)Nc4cccc(Cl)c4Cl)ccc3c2=O)cc1. The van der Waals surface area contributed by atoms with E-state index in [2.05, 4.69) is 12.2 Å². The molecule has 4 aromatic rings. The number of rotatable bonds is 7. The third-order valence-electron chi connectivity index (χ3n) is 4.87. The van der Waals surface area contributed by atoms with E-state index >= 15 is 0 Å². The molecule has 0 fully saturated rings. The van der Waals surface area contributed by atoms with Gasteiger partial charge in [0.05, 0.1) is 21.1 Å². The summed E-state index contributed by atoms with van der Waals surface area (Å²) in [5.74, 6) is 0.572. The average Bonchev–Trinajstić information content (AvgIpc) is 2.83. The van der Waals surface area contributed by atoms with Crippen LogP contribution in [0.2, 0.25) is 10.0 Å². The van der Waals surface area contributed by atoms with Gasteiger partial charge in [0.25, 0.3) is 5.91 Å². The lowest BCUT2D eigenvalue weighted by molar-refractivity contribution is -0.118. The van der Waals surface area contributed by atoms with Gasteiger partial charge >= 0.3 is 0 Å². The first-order chi connectivity index (χ1) is 15.9. The van der Waals surface area contributed by atoms with Crippen molar-refractivity contribution in [2.45, 2.75) is 13.3 Å². The Balaban J connectivity index is 1.44. The summed E-state index contributed by atoms with van der Waals surface area (Å²) in [4.78, 5) is 25.0. The number of halogens is 2. The molecule has 1 N–H and O–H groups in total. The van der Waals surface area contributed by atoms with Crippen LogP contribution in [0, 0.1) is 0 Å². The van der Waals surface area contributed by atoms with E-state index in [1.54, 1.807) is 42.5 Å². The molecular weight excluding hydrogens is 465 g/mol. The molecule has 0 aliphatic carbocycles. The molecule has 3 aromatic carbocycles. The molecule has 6 nitrogen and oxygen atoms in total. The number of hydrogen-bond acceptors (Lipinski definition) is 5. The zero-order valence-electron chi connectivity index (χ0n) is 17.6. The Kier molecular flexibility index (Phi) is 6.87. The molecule has 0 aliphatic rings. The van der Waals surface area contributed by atoms with Crippen molar-refractivity contribution in [1.29, 1.82) is 0 Å². The van der Waals surface area contributed by atoms with Crippen LogP contribution in [0.15, 0.2) is 76.1 Å². The maximum atomic E-state index is 12.8. The first-order valence-electron chi connectivity index (χ1n) is 10.1. The van der Waals surface area contributed by atoms with Crippen molar-refractivity contribution in [2.24, 2.45) is 0 Å². The molecular formula is C25H19Cl2NO5. The molecule has 8 heteroatoms. The second kappa shape index (κ2) is 9.98. The molecule has 0 atom stereocenters. The molecule has 0 radical (unpaired) electrons. The Bertz CT molecular complexity index is 1370. The van der Waals surface area contributed by atoms with Gasteiger partial charge < -0.3 is 19.2 Å². The van der Waals surface area contributed by atoms with Crippen LogP contribution in [0.25, 0.3) is 11.0 Å². The zero-order chi connectivity index (χ0) is 23.4. The first-order valence-corrected chi connectivity index (χ1v) is 10.9. The minimum atomic E-state index is -0.418. The minimum absolute atomic E-state index is 0.0817. The summed E-state index contributed by atoms with van der Waals surface area (Å²) in [6.45, 7) is 1.79. The molecule has 0 bridgehead atoms. The molecule has 0 saturated carbocycles. The molecule has 33 heavy (non-hydrogen) atoms. The van der Waals surface area contributed by atoms with Crippen LogP contribution in [0.3, 0.4) is 0 Å². The molecule has 0 aliphatic heterocycles. The highest BCUT2D eigenvalue weighted by atomic mass is 35.5. The number of benzene rings is 3. The Labute approximate surface area is 199 Å². The third-order valence-corrected chi connectivity index (χ3v) is 5.69. The third kappa shape index (κ3) is 5.30. The normalized spacial score (nSPS) is 10.8. The topological polar surface area (TPSA) is 77.8 Å². The van der Waals surface area contributed by atoms with E-state index in [4.69, 9.17) is 37.1 Å². The quantitative estimate of drug-likeness (QED) is 0.325. The van der Waals surface area contributed by atoms with Gasteiger partial charge in [0.15, 0.2) is 6.61 Å². The molecule has 0 saturated heterocycles. The summed E-state index contributed by atoms with van der Waals surface area (Å²) in [5, 5.41) is 3.55. The van der Waals surface area contributed by atoms with E-state index in [0.717, 1.165) is 6.42 Å². The van der Waals surface area contributed by atoms with Gasteiger partial charge in [-0.2, -0.15) is 0 Å². The lowest BCUT2D eigenvalue weighted by Gasteiger charge is -2.10. The first kappa shape index (κ1) is 22.7. The Morgan fingerprint density at radius 3 is 2.55 bits per heavy atom. The van der Waals surface area contributed by atoms with Gasteiger partial charge in [0.1, 0.15) is 23.3 Å². The molecule has 168 valence electrons. The number of amides is 1.